The third-order valence-corrected chi connectivity index (χ3v) is 6.35. The third kappa shape index (κ3) is 4.90. The third-order valence-electron chi connectivity index (χ3n) is 5.18. The smallest absolute Gasteiger partial charge is 0.251 e. The van der Waals surface area contributed by atoms with Gasteiger partial charge in [0.1, 0.15) is 5.00 Å². The monoisotopic (exact) mass is 416 g/mol. The number of primary amides is 1. The number of nitrogens with one attached hydrogen (secondary N) is 1. The van der Waals surface area contributed by atoms with Crippen molar-refractivity contribution in [2.75, 3.05) is 19.0 Å². The lowest BCUT2D eigenvalue weighted by Gasteiger charge is -2.18. The number of rotatable bonds is 8. The fourth-order valence-corrected chi connectivity index (χ4v) is 5.12. The van der Waals surface area contributed by atoms with Crippen molar-refractivity contribution in [3.8, 4) is 11.5 Å². The topological polar surface area (TPSA) is 90.6 Å². The highest BCUT2D eigenvalue weighted by atomic mass is 32.1. The minimum absolute atomic E-state index is 0.132. The van der Waals surface area contributed by atoms with Gasteiger partial charge in [-0.3, -0.25) is 9.59 Å². The van der Waals surface area contributed by atoms with Crippen molar-refractivity contribution in [1.29, 1.82) is 0 Å². The molecule has 1 aromatic heterocycles. The molecule has 0 saturated carbocycles. The summed E-state index contributed by atoms with van der Waals surface area (Å²) in [6.45, 7) is 4.68. The van der Waals surface area contributed by atoms with Crippen molar-refractivity contribution in [2.24, 2.45) is 11.7 Å². The molecule has 7 heteroatoms. The predicted molar refractivity (Wildman–Crippen MR) is 115 cm³/mol. The lowest BCUT2D eigenvalue weighted by Crippen LogP contribution is -2.19. The van der Waals surface area contributed by atoms with Crippen molar-refractivity contribution >= 4 is 28.2 Å². The van der Waals surface area contributed by atoms with Crippen LogP contribution < -0.4 is 20.5 Å². The zero-order valence-corrected chi connectivity index (χ0v) is 18.0. The molecule has 0 fully saturated rings. The van der Waals surface area contributed by atoms with Crippen molar-refractivity contribution in [1.82, 2.24) is 0 Å². The first-order valence-electron chi connectivity index (χ1n) is 9.96. The second kappa shape index (κ2) is 9.31. The molecule has 0 bridgehead atoms. The van der Waals surface area contributed by atoms with Crippen molar-refractivity contribution < 1.29 is 19.1 Å². The maximum absolute atomic E-state index is 12.5. The quantitative estimate of drug-likeness (QED) is 0.682. The maximum Gasteiger partial charge on any atom is 0.251 e. The number of fused-ring (bicyclic) bond motifs is 1. The van der Waals surface area contributed by atoms with Gasteiger partial charge in [0, 0.05) is 11.3 Å². The lowest BCUT2D eigenvalue weighted by atomic mass is 9.88. The molecule has 2 amide bonds. The Morgan fingerprint density at radius 1 is 1.31 bits per heavy atom. The molecule has 0 radical (unpaired) electrons. The summed E-state index contributed by atoms with van der Waals surface area (Å²) in [6, 6.07) is 5.68. The summed E-state index contributed by atoms with van der Waals surface area (Å²) in [4.78, 5) is 25.7. The van der Waals surface area contributed by atoms with Gasteiger partial charge in [-0.15, -0.1) is 11.3 Å². The number of amides is 2. The molecule has 1 unspecified atom stereocenters. The number of hydrogen-bond acceptors (Lipinski definition) is 5. The molecule has 1 aromatic carbocycles. The number of anilines is 1. The van der Waals surface area contributed by atoms with Crippen LogP contribution in [0.2, 0.25) is 0 Å². The van der Waals surface area contributed by atoms with Crippen LogP contribution in [-0.4, -0.2) is 25.5 Å². The van der Waals surface area contributed by atoms with E-state index in [1.807, 2.05) is 25.1 Å². The van der Waals surface area contributed by atoms with Gasteiger partial charge in [0.15, 0.2) is 11.5 Å². The van der Waals surface area contributed by atoms with Crippen LogP contribution in [0.5, 0.6) is 11.5 Å². The Morgan fingerprint density at radius 2 is 2.10 bits per heavy atom. The SMILES string of the molecule is CCOc1ccc(CCC(=O)Nc2sc3c(c2C(N)=O)CCC(C)C3)cc1OC. The highest BCUT2D eigenvalue weighted by molar-refractivity contribution is 7.17. The average Bonchev–Trinajstić information content (AvgIpc) is 3.04. The van der Waals surface area contributed by atoms with Gasteiger partial charge in [-0.05, 0) is 61.8 Å². The van der Waals surface area contributed by atoms with E-state index < -0.39 is 5.91 Å². The van der Waals surface area contributed by atoms with E-state index in [1.165, 1.54) is 16.2 Å². The van der Waals surface area contributed by atoms with Crippen LogP contribution in [0.3, 0.4) is 0 Å². The van der Waals surface area contributed by atoms with Gasteiger partial charge >= 0.3 is 0 Å². The molecular weight excluding hydrogens is 388 g/mol. The molecule has 0 aliphatic heterocycles. The van der Waals surface area contributed by atoms with E-state index >= 15 is 0 Å². The second-order valence-electron chi connectivity index (χ2n) is 7.39. The number of carbonyl (C=O) groups is 2. The molecule has 3 N–H and O–H groups in total. The molecule has 1 atom stereocenters. The number of benzene rings is 1. The number of aryl methyl sites for hydroxylation is 1. The molecule has 0 saturated heterocycles. The molecular formula is C22H28N2O4S. The van der Waals surface area contributed by atoms with Crippen molar-refractivity contribution in [2.45, 2.75) is 46.0 Å². The van der Waals surface area contributed by atoms with Gasteiger partial charge in [-0.2, -0.15) is 0 Å². The van der Waals surface area contributed by atoms with Crippen LogP contribution in [0.15, 0.2) is 18.2 Å². The van der Waals surface area contributed by atoms with Crippen LogP contribution >= 0.6 is 11.3 Å². The summed E-state index contributed by atoms with van der Waals surface area (Å²) in [5, 5.41) is 3.51. The largest absolute Gasteiger partial charge is 0.493 e. The fourth-order valence-electron chi connectivity index (χ4n) is 3.69. The Labute approximate surface area is 175 Å². The lowest BCUT2D eigenvalue weighted by molar-refractivity contribution is -0.116. The molecule has 3 rings (SSSR count). The van der Waals surface area contributed by atoms with Gasteiger partial charge in [0.25, 0.3) is 5.91 Å². The van der Waals surface area contributed by atoms with Gasteiger partial charge in [-0.25, -0.2) is 0 Å². The summed E-state index contributed by atoms with van der Waals surface area (Å²) >= 11 is 1.49. The molecule has 2 aromatic rings. The van der Waals surface area contributed by atoms with E-state index in [1.54, 1.807) is 7.11 Å². The Balaban J connectivity index is 1.68. The number of thiophene rings is 1. The van der Waals surface area contributed by atoms with E-state index in [0.29, 0.717) is 47.4 Å². The van der Waals surface area contributed by atoms with Gasteiger partial charge in [-0.1, -0.05) is 13.0 Å². The van der Waals surface area contributed by atoms with Gasteiger partial charge < -0.3 is 20.5 Å². The number of carbonyl (C=O) groups excluding carboxylic acids is 2. The highest BCUT2D eigenvalue weighted by Gasteiger charge is 2.27. The van der Waals surface area contributed by atoms with Crippen LogP contribution in [0, 0.1) is 5.92 Å². The first-order valence-corrected chi connectivity index (χ1v) is 10.8. The predicted octanol–water partition coefficient (Wildman–Crippen LogP) is 3.95. The molecule has 1 heterocycles. The normalized spacial score (nSPS) is 15.5. The molecule has 156 valence electrons. The van der Waals surface area contributed by atoms with Crippen LogP contribution in [-0.2, 0) is 24.1 Å². The van der Waals surface area contributed by atoms with E-state index in [9.17, 15) is 9.59 Å². The Bertz CT molecular complexity index is 906. The highest BCUT2D eigenvalue weighted by Crippen LogP contribution is 2.39. The fraction of sp³-hybridized carbons (Fsp3) is 0.455. The Morgan fingerprint density at radius 3 is 2.79 bits per heavy atom. The molecule has 0 spiro atoms. The minimum atomic E-state index is -0.469. The minimum Gasteiger partial charge on any atom is -0.493 e. The van der Waals surface area contributed by atoms with Crippen LogP contribution in [0.1, 0.15) is 53.1 Å². The van der Waals surface area contributed by atoms with E-state index in [2.05, 4.69) is 12.2 Å². The average molecular weight is 417 g/mol. The summed E-state index contributed by atoms with van der Waals surface area (Å²) in [6.07, 6.45) is 3.67. The summed E-state index contributed by atoms with van der Waals surface area (Å²) in [5.41, 5.74) is 8.12. The Kier molecular flexibility index (Phi) is 6.79. The van der Waals surface area contributed by atoms with Gasteiger partial charge in [0.2, 0.25) is 5.91 Å². The molecule has 29 heavy (non-hydrogen) atoms. The standard InChI is InChI=1S/C22H28N2O4S/c1-4-28-16-9-6-14(12-17(16)27-3)7-10-19(25)24-22-20(21(23)26)15-8-5-13(2)11-18(15)29-22/h6,9,12-13H,4-5,7-8,10-11H2,1-3H3,(H2,23,26)(H,24,25). The van der Waals surface area contributed by atoms with E-state index in [0.717, 1.165) is 30.4 Å². The summed E-state index contributed by atoms with van der Waals surface area (Å²) in [5.74, 6) is 1.32. The number of nitrogens with two attached hydrogens (primary N) is 1. The molecule has 6 nitrogen and oxygen atoms in total. The van der Waals surface area contributed by atoms with Crippen LogP contribution in [0.4, 0.5) is 5.00 Å². The summed E-state index contributed by atoms with van der Waals surface area (Å²) in [7, 11) is 1.60. The van der Waals surface area contributed by atoms with E-state index in [4.69, 9.17) is 15.2 Å². The number of hydrogen-bond donors (Lipinski definition) is 2. The zero-order chi connectivity index (χ0) is 21.0. The van der Waals surface area contributed by atoms with Crippen molar-refractivity contribution in [3.63, 3.8) is 0 Å². The van der Waals surface area contributed by atoms with Crippen molar-refractivity contribution in [3.05, 3.63) is 39.8 Å². The first kappa shape index (κ1) is 21.2. The van der Waals surface area contributed by atoms with Gasteiger partial charge in [0.05, 0.1) is 19.3 Å². The summed E-state index contributed by atoms with van der Waals surface area (Å²) < 4.78 is 10.9. The van der Waals surface area contributed by atoms with E-state index in [-0.39, 0.29) is 5.91 Å². The number of methoxy groups -OCH3 is 1. The second-order valence-corrected chi connectivity index (χ2v) is 8.49. The molecule has 1 aliphatic carbocycles. The Hall–Kier alpha value is -2.54. The zero-order valence-electron chi connectivity index (χ0n) is 17.2. The van der Waals surface area contributed by atoms with Crippen LogP contribution in [0.25, 0.3) is 0 Å². The molecule has 1 aliphatic rings. The maximum atomic E-state index is 12.5. The first-order chi connectivity index (χ1) is 13.9. The number of ether oxygens (including phenoxy) is 2.